The summed E-state index contributed by atoms with van der Waals surface area (Å²) in [6.07, 6.45) is 7.06. The van der Waals surface area contributed by atoms with Crippen LogP contribution in [0.2, 0.25) is 0 Å². The summed E-state index contributed by atoms with van der Waals surface area (Å²) < 4.78 is 12.4. The predicted octanol–water partition coefficient (Wildman–Crippen LogP) is 2.88. The van der Waals surface area contributed by atoms with Crippen molar-refractivity contribution in [3.8, 4) is 11.6 Å². The molecule has 0 spiro atoms. The number of aromatic nitrogens is 3. The molecule has 1 N–H and O–H groups in total. The van der Waals surface area contributed by atoms with E-state index in [2.05, 4.69) is 15.4 Å². The van der Waals surface area contributed by atoms with Crippen LogP contribution in [0, 0.1) is 0 Å². The molecular weight excluding hydrogens is 344 g/mol. The number of amides is 1. The average Bonchev–Trinajstić information content (AvgIpc) is 3.36. The molecule has 0 fully saturated rings. The van der Waals surface area contributed by atoms with Crippen molar-refractivity contribution in [1.29, 1.82) is 0 Å². The van der Waals surface area contributed by atoms with Crippen molar-refractivity contribution < 1.29 is 13.9 Å². The Morgan fingerprint density at radius 2 is 2.15 bits per heavy atom. The number of methoxy groups -OCH3 is 1. The third-order valence-electron chi connectivity index (χ3n) is 4.28. The topological polar surface area (TPSA) is 82.2 Å². The van der Waals surface area contributed by atoms with Crippen LogP contribution >= 0.6 is 0 Å². The summed E-state index contributed by atoms with van der Waals surface area (Å²) in [5.74, 6) is 1.32. The largest absolute Gasteiger partial charge is 0.497 e. The van der Waals surface area contributed by atoms with Crippen LogP contribution in [0.4, 0.5) is 0 Å². The van der Waals surface area contributed by atoms with Gasteiger partial charge in [0.1, 0.15) is 11.3 Å². The number of nitrogens with one attached hydrogen (secondary N) is 1. The lowest BCUT2D eigenvalue weighted by Crippen LogP contribution is -2.25. The van der Waals surface area contributed by atoms with Gasteiger partial charge in [0.2, 0.25) is 5.91 Å². The summed E-state index contributed by atoms with van der Waals surface area (Å²) in [7, 11) is 1.61. The Morgan fingerprint density at radius 3 is 2.96 bits per heavy atom. The Kier molecular flexibility index (Phi) is 4.57. The minimum atomic E-state index is -0.0937. The molecule has 0 atom stereocenters. The zero-order valence-corrected chi connectivity index (χ0v) is 14.8. The zero-order chi connectivity index (χ0) is 18.6. The summed E-state index contributed by atoms with van der Waals surface area (Å²) in [5.41, 5.74) is 2.42. The van der Waals surface area contributed by atoms with Crippen LogP contribution in [0.5, 0.6) is 5.75 Å². The second-order valence-electron chi connectivity index (χ2n) is 6.01. The molecule has 0 saturated carbocycles. The number of rotatable bonds is 6. The number of carbonyl (C=O) groups excluding carboxylic acids is 1. The fraction of sp³-hybridized carbons (Fsp3) is 0.150. The molecule has 1 amide bonds. The third-order valence-corrected chi connectivity index (χ3v) is 4.28. The van der Waals surface area contributed by atoms with E-state index >= 15 is 0 Å². The van der Waals surface area contributed by atoms with Crippen LogP contribution in [-0.4, -0.2) is 27.8 Å². The van der Waals surface area contributed by atoms with Crippen molar-refractivity contribution in [2.24, 2.45) is 0 Å². The number of ether oxygens (including phenoxy) is 1. The molecule has 3 aromatic heterocycles. The lowest BCUT2D eigenvalue weighted by atomic mass is 10.1. The smallest absolute Gasteiger partial charge is 0.224 e. The number of benzene rings is 1. The summed E-state index contributed by atoms with van der Waals surface area (Å²) in [4.78, 5) is 16.8. The summed E-state index contributed by atoms with van der Waals surface area (Å²) in [5, 5.41) is 8.05. The molecule has 136 valence electrons. The van der Waals surface area contributed by atoms with E-state index < -0.39 is 0 Å². The lowest BCUT2D eigenvalue weighted by molar-refractivity contribution is -0.120. The van der Waals surface area contributed by atoms with E-state index in [-0.39, 0.29) is 12.3 Å². The van der Waals surface area contributed by atoms with Gasteiger partial charge in [-0.05, 0) is 24.3 Å². The highest BCUT2D eigenvalue weighted by Crippen LogP contribution is 2.25. The molecule has 3 heterocycles. The van der Waals surface area contributed by atoms with E-state index in [0.29, 0.717) is 17.9 Å². The molecule has 7 heteroatoms. The Hall–Kier alpha value is -3.61. The van der Waals surface area contributed by atoms with E-state index in [0.717, 1.165) is 22.3 Å². The van der Waals surface area contributed by atoms with Crippen molar-refractivity contribution in [1.82, 2.24) is 20.1 Å². The molecule has 0 aliphatic rings. The first-order valence-corrected chi connectivity index (χ1v) is 8.49. The van der Waals surface area contributed by atoms with Gasteiger partial charge in [-0.2, -0.15) is 5.10 Å². The number of pyridine rings is 1. The first kappa shape index (κ1) is 16.8. The van der Waals surface area contributed by atoms with Crippen LogP contribution in [0.25, 0.3) is 16.8 Å². The van der Waals surface area contributed by atoms with Crippen molar-refractivity contribution in [3.63, 3.8) is 0 Å². The van der Waals surface area contributed by atoms with Gasteiger partial charge in [-0.3, -0.25) is 4.79 Å². The van der Waals surface area contributed by atoms with Gasteiger partial charge in [-0.1, -0.05) is 6.07 Å². The minimum Gasteiger partial charge on any atom is -0.497 e. The Balaban J connectivity index is 1.45. The summed E-state index contributed by atoms with van der Waals surface area (Å²) in [6, 6.07) is 11.1. The van der Waals surface area contributed by atoms with Gasteiger partial charge < -0.3 is 14.5 Å². The first-order valence-electron chi connectivity index (χ1n) is 8.49. The number of hydrogen-bond acceptors (Lipinski definition) is 5. The molecule has 0 bridgehead atoms. The highest BCUT2D eigenvalue weighted by Gasteiger charge is 2.12. The Bertz CT molecular complexity index is 1070. The molecule has 0 radical (unpaired) electrons. The van der Waals surface area contributed by atoms with Crippen molar-refractivity contribution in [2.45, 2.75) is 13.0 Å². The molecule has 1 aromatic carbocycles. The molecule has 0 aliphatic carbocycles. The van der Waals surface area contributed by atoms with Crippen LogP contribution in [0.15, 0.2) is 65.7 Å². The molecular formula is C20H18N4O3. The van der Waals surface area contributed by atoms with E-state index in [1.165, 1.54) is 0 Å². The monoisotopic (exact) mass is 362 g/mol. The third kappa shape index (κ3) is 3.52. The summed E-state index contributed by atoms with van der Waals surface area (Å²) in [6.45, 7) is 0.367. The molecule has 0 aliphatic heterocycles. The number of fused-ring (bicyclic) bond motifs is 1. The number of hydrogen-bond donors (Lipinski definition) is 1. The van der Waals surface area contributed by atoms with E-state index in [9.17, 15) is 4.79 Å². The second-order valence-corrected chi connectivity index (χ2v) is 6.01. The van der Waals surface area contributed by atoms with Gasteiger partial charge in [-0.15, -0.1) is 0 Å². The van der Waals surface area contributed by atoms with E-state index in [1.807, 2.05) is 42.6 Å². The van der Waals surface area contributed by atoms with Crippen LogP contribution < -0.4 is 10.1 Å². The van der Waals surface area contributed by atoms with E-state index in [1.54, 1.807) is 30.4 Å². The van der Waals surface area contributed by atoms with Gasteiger partial charge in [0.25, 0.3) is 0 Å². The van der Waals surface area contributed by atoms with Crippen molar-refractivity contribution >= 4 is 16.9 Å². The molecule has 0 saturated heterocycles. The van der Waals surface area contributed by atoms with Gasteiger partial charge in [-0.25, -0.2) is 9.67 Å². The van der Waals surface area contributed by atoms with Crippen molar-refractivity contribution in [3.05, 3.63) is 72.4 Å². The maximum Gasteiger partial charge on any atom is 0.224 e. The Morgan fingerprint density at radius 1 is 1.22 bits per heavy atom. The number of carbonyl (C=O) groups is 1. The fourth-order valence-electron chi connectivity index (χ4n) is 2.93. The predicted molar refractivity (Wildman–Crippen MR) is 99.7 cm³/mol. The Labute approximate surface area is 155 Å². The normalized spacial score (nSPS) is 10.9. The second kappa shape index (κ2) is 7.33. The molecule has 4 aromatic rings. The van der Waals surface area contributed by atoms with Gasteiger partial charge in [0.15, 0.2) is 5.82 Å². The SMILES string of the molecule is COc1ccc2c(CC(=O)NCc3cccnc3-n3cccn3)coc2c1. The van der Waals surface area contributed by atoms with Crippen molar-refractivity contribution in [2.75, 3.05) is 7.11 Å². The number of nitrogens with zero attached hydrogens (tertiary/aromatic N) is 3. The number of furan rings is 1. The van der Waals surface area contributed by atoms with Gasteiger partial charge in [0, 0.05) is 47.7 Å². The molecule has 0 unspecified atom stereocenters. The summed E-state index contributed by atoms with van der Waals surface area (Å²) >= 11 is 0. The zero-order valence-electron chi connectivity index (χ0n) is 14.8. The van der Waals surface area contributed by atoms with Crippen LogP contribution in [0.3, 0.4) is 0 Å². The van der Waals surface area contributed by atoms with E-state index in [4.69, 9.17) is 9.15 Å². The highest BCUT2D eigenvalue weighted by molar-refractivity contribution is 5.88. The fourth-order valence-corrected chi connectivity index (χ4v) is 2.93. The van der Waals surface area contributed by atoms with Crippen LogP contribution in [0.1, 0.15) is 11.1 Å². The standard InChI is InChI=1S/C20H18N4O3/c1-26-16-5-6-17-15(13-27-18(17)11-16)10-19(25)22-12-14-4-2-7-21-20(14)24-9-3-8-23-24/h2-9,11,13H,10,12H2,1H3,(H,22,25). The van der Waals surface area contributed by atoms with Gasteiger partial charge in [0.05, 0.1) is 19.8 Å². The average molecular weight is 362 g/mol. The molecule has 4 rings (SSSR count). The van der Waals surface area contributed by atoms with Gasteiger partial charge >= 0.3 is 0 Å². The maximum atomic E-state index is 12.4. The maximum absolute atomic E-state index is 12.4. The quantitative estimate of drug-likeness (QED) is 0.570. The minimum absolute atomic E-state index is 0.0937. The first-order chi connectivity index (χ1) is 13.2. The lowest BCUT2D eigenvalue weighted by Gasteiger charge is -2.09. The highest BCUT2D eigenvalue weighted by atomic mass is 16.5. The van der Waals surface area contributed by atoms with Crippen LogP contribution in [-0.2, 0) is 17.8 Å². The molecule has 7 nitrogen and oxygen atoms in total. The molecule has 27 heavy (non-hydrogen) atoms.